The van der Waals surface area contributed by atoms with Gasteiger partial charge in [-0.2, -0.15) is 0 Å². The van der Waals surface area contributed by atoms with Crippen LogP contribution in [0.15, 0.2) is 0 Å². The van der Waals surface area contributed by atoms with Gasteiger partial charge in [0.2, 0.25) is 11.6 Å². The first-order chi connectivity index (χ1) is 22.8. The van der Waals surface area contributed by atoms with Gasteiger partial charge in [-0.05, 0) is 103 Å². The molecule has 8 aliphatic heterocycles. The van der Waals surface area contributed by atoms with Gasteiger partial charge in [-0.3, -0.25) is 9.59 Å². The minimum atomic E-state index is -1.05. The maximum absolute atomic E-state index is 13.7. The molecule has 2 amide bonds. The second kappa shape index (κ2) is 11.6. The molecule has 270 valence electrons. The SMILES string of the molecule is C[C@@H]1CC[C@@H]2[C@]34OO[C@](C)(CC[C@@H]13)O[C@H]4O[C@]2(C)C(=O)NCCCCCCNC(=O)[C@@]1(C)O[C@@H]2O[C@@]3(C)CC[C@H]4[C@H](C)CC[C@@H]1[C@@]24OO3. The molecule has 12 heteroatoms. The molecule has 8 saturated heterocycles. The van der Waals surface area contributed by atoms with Crippen LogP contribution in [0.5, 0.6) is 0 Å². The second-order valence-corrected chi connectivity index (χ2v) is 17.1. The topological polar surface area (TPSA) is 132 Å². The van der Waals surface area contributed by atoms with Crippen LogP contribution in [0.3, 0.4) is 0 Å². The van der Waals surface area contributed by atoms with Gasteiger partial charge in [0.05, 0.1) is 0 Å². The van der Waals surface area contributed by atoms with Crippen molar-refractivity contribution >= 4 is 11.8 Å². The summed E-state index contributed by atoms with van der Waals surface area (Å²) in [5, 5.41) is 6.30. The van der Waals surface area contributed by atoms with Crippen LogP contribution in [-0.2, 0) is 48.1 Å². The molecule has 0 radical (unpaired) electrons. The predicted octanol–water partition coefficient (Wildman–Crippen LogP) is 4.79. The van der Waals surface area contributed by atoms with Crippen LogP contribution in [-0.4, -0.2) is 71.5 Å². The van der Waals surface area contributed by atoms with Crippen LogP contribution in [0.1, 0.15) is 119 Å². The number of fused-ring (bicyclic) bond motifs is 4. The Morgan fingerprint density at radius 1 is 0.562 bits per heavy atom. The van der Waals surface area contributed by atoms with Crippen LogP contribution < -0.4 is 10.6 Å². The monoisotopic (exact) mass is 676 g/mol. The maximum Gasteiger partial charge on any atom is 0.252 e. The third-order valence-electron chi connectivity index (χ3n) is 14.0. The highest BCUT2D eigenvalue weighted by Gasteiger charge is 2.77. The highest BCUT2D eigenvalue weighted by atomic mass is 17.3. The molecule has 2 saturated carbocycles. The molecule has 14 atom stereocenters. The van der Waals surface area contributed by atoms with Crippen LogP contribution >= 0.6 is 0 Å². The summed E-state index contributed by atoms with van der Waals surface area (Å²) in [6.45, 7) is 13.2. The number of ether oxygens (including phenoxy) is 4. The molecule has 10 fully saturated rings. The van der Waals surface area contributed by atoms with Crippen molar-refractivity contribution in [3.8, 4) is 0 Å². The summed E-state index contributed by atoms with van der Waals surface area (Å²) >= 11 is 0. The smallest absolute Gasteiger partial charge is 0.252 e. The van der Waals surface area contributed by atoms with Crippen molar-refractivity contribution in [2.75, 3.05) is 13.1 Å². The van der Waals surface area contributed by atoms with Crippen molar-refractivity contribution in [2.24, 2.45) is 35.5 Å². The van der Waals surface area contributed by atoms with E-state index in [1.54, 1.807) is 0 Å². The molecule has 0 aromatic rings. The molecule has 2 aliphatic carbocycles. The molecule has 2 spiro atoms. The summed E-state index contributed by atoms with van der Waals surface area (Å²) in [7, 11) is 0. The molecule has 4 bridgehead atoms. The number of carbonyl (C=O) groups excluding carboxylic acids is 2. The minimum Gasteiger partial charge on any atom is -0.354 e. The van der Waals surface area contributed by atoms with Crippen molar-refractivity contribution < 1.29 is 48.1 Å². The Kier molecular flexibility index (Phi) is 8.13. The van der Waals surface area contributed by atoms with Crippen molar-refractivity contribution in [1.29, 1.82) is 0 Å². The van der Waals surface area contributed by atoms with Gasteiger partial charge >= 0.3 is 0 Å². The zero-order chi connectivity index (χ0) is 33.7. The van der Waals surface area contributed by atoms with E-state index in [0.29, 0.717) is 24.9 Å². The number of carbonyl (C=O) groups is 2. The van der Waals surface area contributed by atoms with E-state index in [4.69, 9.17) is 38.5 Å². The Bertz CT molecular complexity index is 1210. The number of hydrogen-bond acceptors (Lipinski definition) is 10. The van der Waals surface area contributed by atoms with Gasteiger partial charge in [0, 0.05) is 37.8 Å². The first-order valence-electron chi connectivity index (χ1n) is 18.8. The van der Waals surface area contributed by atoms with E-state index < -0.39 is 46.6 Å². The average molecular weight is 677 g/mol. The number of amides is 2. The van der Waals surface area contributed by atoms with Gasteiger partial charge < -0.3 is 29.6 Å². The molecular weight excluding hydrogens is 620 g/mol. The summed E-state index contributed by atoms with van der Waals surface area (Å²) in [5.41, 5.74) is -3.62. The van der Waals surface area contributed by atoms with E-state index in [0.717, 1.165) is 77.0 Å². The molecule has 12 nitrogen and oxygen atoms in total. The van der Waals surface area contributed by atoms with Gasteiger partial charge in [0.25, 0.3) is 11.8 Å². The largest absolute Gasteiger partial charge is 0.354 e. The minimum absolute atomic E-state index is 0.114. The Balaban J connectivity index is 0.805. The molecule has 0 aromatic carbocycles. The fourth-order valence-electron chi connectivity index (χ4n) is 11.2. The molecule has 0 unspecified atom stereocenters. The van der Waals surface area contributed by atoms with Crippen molar-refractivity contribution in [3.63, 3.8) is 0 Å². The fourth-order valence-corrected chi connectivity index (χ4v) is 11.2. The lowest BCUT2D eigenvalue weighted by Crippen LogP contribution is -2.62. The van der Waals surface area contributed by atoms with Gasteiger partial charge in [0.1, 0.15) is 0 Å². The normalized spacial score (nSPS) is 53.0. The van der Waals surface area contributed by atoms with Crippen LogP contribution in [0.2, 0.25) is 0 Å². The number of hydrogen-bond donors (Lipinski definition) is 2. The number of rotatable bonds is 9. The highest BCUT2D eigenvalue weighted by Crippen LogP contribution is 2.65. The zero-order valence-electron chi connectivity index (χ0n) is 29.6. The molecule has 0 aromatic heterocycles. The third kappa shape index (κ3) is 4.76. The highest BCUT2D eigenvalue weighted by molar-refractivity contribution is 5.86. The van der Waals surface area contributed by atoms with Crippen LogP contribution in [0.4, 0.5) is 0 Å². The van der Waals surface area contributed by atoms with Crippen molar-refractivity contribution in [2.45, 2.75) is 165 Å². The summed E-state index contributed by atoms with van der Waals surface area (Å²) in [4.78, 5) is 51.5. The van der Waals surface area contributed by atoms with Gasteiger partial charge in [-0.15, -0.1) is 0 Å². The number of unbranched alkanes of at least 4 members (excludes halogenated alkanes) is 3. The van der Waals surface area contributed by atoms with E-state index in [2.05, 4.69) is 24.5 Å². The molecule has 10 aliphatic rings. The van der Waals surface area contributed by atoms with Gasteiger partial charge in [-0.25, -0.2) is 19.6 Å². The van der Waals surface area contributed by atoms with E-state index in [9.17, 15) is 9.59 Å². The van der Waals surface area contributed by atoms with Crippen LogP contribution in [0.25, 0.3) is 0 Å². The van der Waals surface area contributed by atoms with Crippen molar-refractivity contribution in [3.05, 3.63) is 0 Å². The summed E-state index contributed by atoms with van der Waals surface area (Å²) in [6, 6.07) is 0. The Morgan fingerprint density at radius 2 is 0.979 bits per heavy atom. The summed E-state index contributed by atoms with van der Waals surface area (Å²) < 4.78 is 25.7. The molecule has 2 N–H and O–H groups in total. The molecule has 48 heavy (non-hydrogen) atoms. The van der Waals surface area contributed by atoms with E-state index >= 15 is 0 Å². The van der Waals surface area contributed by atoms with E-state index in [1.807, 2.05) is 27.7 Å². The van der Waals surface area contributed by atoms with Crippen LogP contribution in [0, 0.1) is 35.5 Å². The Labute approximate surface area is 284 Å². The maximum atomic E-state index is 13.7. The summed E-state index contributed by atoms with van der Waals surface area (Å²) in [5.74, 6) is -0.912. The lowest BCUT2D eigenvalue weighted by atomic mass is 9.59. The third-order valence-corrected chi connectivity index (χ3v) is 14.0. The van der Waals surface area contributed by atoms with Gasteiger partial charge in [0.15, 0.2) is 35.0 Å². The quantitative estimate of drug-likeness (QED) is 0.260. The lowest BCUT2D eigenvalue weighted by Gasteiger charge is -2.50. The van der Waals surface area contributed by atoms with E-state index in [1.165, 1.54) is 0 Å². The number of nitrogens with one attached hydrogen (secondary N) is 2. The standard InChI is InChI=1S/C36H56N2O10/c1-21-11-13-25-33(5,43-29-35(25)23(21)15-17-31(3,41-29)45-47-35)27(39)37-19-9-7-8-10-20-38-28(40)34(6)26-14-12-22(2)24-16-18-32(4)42-30(44-34)36(24,26)48-46-32/h21-26,29-30H,7-20H2,1-6H3,(H,37,39)(H,38,40)/t21-,22-,23+,24+,25+,26+,29+,30+,31-,32-,33+,34+,35-,36-/m1/s1. The van der Waals surface area contributed by atoms with E-state index in [-0.39, 0.29) is 35.5 Å². The lowest BCUT2D eigenvalue weighted by molar-refractivity contribution is -0.541. The molecule has 8 heterocycles. The van der Waals surface area contributed by atoms with Gasteiger partial charge in [-0.1, -0.05) is 26.7 Å². The fraction of sp³-hybridized carbons (Fsp3) is 0.944. The first kappa shape index (κ1) is 33.7. The Hall–Kier alpha value is -1.38. The average Bonchev–Trinajstić information content (AvgIpc) is 3.18. The molecule has 10 rings (SSSR count). The zero-order valence-corrected chi connectivity index (χ0v) is 29.6. The Morgan fingerprint density at radius 3 is 1.40 bits per heavy atom. The first-order valence-corrected chi connectivity index (χ1v) is 18.8. The molecular formula is C36H56N2O10. The second-order valence-electron chi connectivity index (χ2n) is 17.1. The summed E-state index contributed by atoms with van der Waals surface area (Å²) in [6.07, 6.45) is 9.34. The van der Waals surface area contributed by atoms with Crippen molar-refractivity contribution in [1.82, 2.24) is 10.6 Å². The predicted molar refractivity (Wildman–Crippen MR) is 169 cm³/mol.